The average Bonchev–Trinajstić information content (AvgIpc) is 2.93. The predicted octanol–water partition coefficient (Wildman–Crippen LogP) is 3.15. The number of amides is 1. The molecular weight excluding hydrogens is 362 g/mol. The lowest BCUT2D eigenvalue weighted by Gasteiger charge is -2.27. The van der Waals surface area contributed by atoms with Gasteiger partial charge in [-0.25, -0.2) is 4.98 Å². The standard InChI is InChI=1S/C20H22ClN5O/c1-15(20(27)24-18-7-2-6-17(21)13-18)25-9-4-10-26(12-11-25)19-16(14-22)5-3-8-23-19/h2-3,5-8,13,15H,4,9-12H2,1H3,(H,24,27). The number of hydrogen-bond acceptors (Lipinski definition) is 5. The van der Waals surface area contributed by atoms with Crippen molar-refractivity contribution in [1.29, 1.82) is 5.26 Å². The molecule has 3 rings (SSSR count). The fourth-order valence-corrected chi connectivity index (χ4v) is 3.44. The van der Waals surface area contributed by atoms with Crippen LogP contribution >= 0.6 is 11.6 Å². The Hall–Kier alpha value is -2.62. The van der Waals surface area contributed by atoms with Gasteiger partial charge in [-0.1, -0.05) is 17.7 Å². The van der Waals surface area contributed by atoms with E-state index in [1.54, 1.807) is 30.5 Å². The van der Waals surface area contributed by atoms with Gasteiger partial charge in [0.25, 0.3) is 0 Å². The van der Waals surface area contributed by atoms with Crippen LogP contribution in [-0.4, -0.2) is 48.0 Å². The second kappa shape index (κ2) is 8.85. The van der Waals surface area contributed by atoms with E-state index in [-0.39, 0.29) is 11.9 Å². The minimum atomic E-state index is -0.261. The minimum Gasteiger partial charge on any atom is -0.354 e. The average molecular weight is 384 g/mol. The van der Waals surface area contributed by atoms with Crippen molar-refractivity contribution in [3.05, 3.63) is 53.2 Å². The molecule has 27 heavy (non-hydrogen) atoms. The van der Waals surface area contributed by atoms with Crippen LogP contribution in [0.2, 0.25) is 5.02 Å². The van der Waals surface area contributed by atoms with E-state index in [0.29, 0.717) is 16.3 Å². The fraction of sp³-hybridized carbons (Fsp3) is 0.350. The largest absolute Gasteiger partial charge is 0.354 e. The number of rotatable bonds is 4. The maximum Gasteiger partial charge on any atom is 0.241 e. The van der Waals surface area contributed by atoms with Crippen LogP contribution < -0.4 is 10.2 Å². The van der Waals surface area contributed by atoms with Crippen molar-refractivity contribution in [2.24, 2.45) is 0 Å². The number of anilines is 2. The Morgan fingerprint density at radius 2 is 2.11 bits per heavy atom. The number of benzene rings is 1. The van der Waals surface area contributed by atoms with Crippen LogP contribution in [-0.2, 0) is 4.79 Å². The molecule has 1 fully saturated rings. The van der Waals surface area contributed by atoms with E-state index in [1.807, 2.05) is 19.1 Å². The SMILES string of the molecule is CC(C(=O)Nc1cccc(Cl)c1)N1CCCN(c2ncccc2C#N)CC1. The topological polar surface area (TPSA) is 72.3 Å². The number of hydrogen-bond donors (Lipinski definition) is 1. The molecule has 7 heteroatoms. The lowest BCUT2D eigenvalue weighted by Crippen LogP contribution is -2.44. The zero-order chi connectivity index (χ0) is 19.2. The number of pyridine rings is 1. The lowest BCUT2D eigenvalue weighted by molar-refractivity contribution is -0.120. The molecule has 1 aromatic heterocycles. The van der Waals surface area contributed by atoms with Gasteiger partial charge in [-0.3, -0.25) is 9.69 Å². The van der Waals surface area contributed by atoms with Crippen molar-refractivity contribution in [3.8, 4) is 6.07 Å². The first-order valence-corrected chi connectivity index (χ1v) is 9.37. The van der Waals surface area contributed by atoms with Gasteiger partial charge >= 0.3 is 0 Å². The Bertz CT molecular complexity index is 850. The molecule has 0 saturated carbocycles. The van der Waals surface area contributed by atoms with Gasteiger partial charge in [0.05, 0.1) is 11.6 Å². The van der Waals surface area contributed by atoms with Gasteiger partial charge in [0.1, 0.15) is 11.9 Å². The number of carbonyl (C=O) groups is 1. The quantitative estimate of drug-likeness (QED) is 0.878. The summed E-state index contributed by atoms with van der Waals surface area (Å²) in [5, 5.41) is 12.8. The molecule has 6 nitrogen and oxygen atoms in total. The highest BCUT2D eigenvalue weighted by molar-refractivity contribution is 6.30. The molecule has 1 aromatic carbocycles. The van der Waals surface area contributed by atoms with E-state index in [0.717, 1.165) is 38.4 Å². The maximum absolute atomic E-state index is 12.6. The van der Waals surface area contributed by atoms with Gasteiger partial charge in [-0.2, -0.15) is 5.26 Å². The van der Waals surface area contributed by atoms with Crippen LogP contribution in [0.1, 0.15) is 18.9 Å². The van der Waals surface area contributed by atoms with E-state index in [9.17, 15) is 10.1 Å². The highest BCUT2D eigenvalue weighted by atomic mass is 35.5. The van der Waals surface area contributed by atoms with Gasteiger partial charge in [-0.15, -0.1) is 0 Å². The highest BCUT2D eigenvalue weighted by Crippen LogP contribution is 2.20. The van der Waals surface area contributed by atoms with Gasteiger partial charge in [0.2, 0.25) is 5.91 Å². The lowest BCUT2D eigenvalue weighted by atomic mass is 10.2. The first kappa shape index (κ1) is 19.2. The first-order valence-electron chi connectivity index (χ1n) is 8.99. The third-order valence-corrected chi connectivity index (χ3v) is 4.99. The van der Waals surface area contributed by atoms with Crippen molar-refractivity contribution < 1.29 is 4.79 Å². The van der Waals surface area contributed by atoms with Crippen molar-refractivity contribution >= 4 is 29.0 Å². The minimum absolute atomic E-state index is 0.0544. The van der Waals surface area contributed by atoms with Crippen LogP contribution in [0.15, 0.2) is 42.6 Å². The molecule has 0 aliphatic carbocycles. The molecule has 0 spiro atoms. The van der Waals surface area contributed by atoms with Crippen LogP contribution in [0, 0.1) is 11.3 Å². The third-order valence-electron chi connectivity index (χ3n) is 4.76. The summed E-state index contributed by atoms with van der Waals surface area (Å²) in [6.07, 6.45) is 2.61. The van der Waals surface area contributed by atoms with Crippen LogP contribution in [0.3, 0.4) is 0 Å². The number of nitrogens with zero attached hydrogens (tertiary/aromatic N) is 4. The van der Waals surface area contributed by atoms with Gasteiger partial charge in [0, 0.05) is 43.1 Å². The Balaban J connectivity index is 1.63. The molecule has 1 atom stereocenters. The predicted molar refractivity (Wildman–Crippen MR) is 107 cm³/mol. The number of carbonyl (C=O) groups excluding carboxylic acids is 1. The Kier molecular flexibility index (Phi) is 6.28. The van der Waals surface area contributed by atoms with E-state index in [1.165, 1.54) is 0 Å². The highest BCUT2D eigenvalue weighted by Gasteiger charge is 2.25. The molecule has 1 N–H and O–H groups in total. The summed E-state index contributed by atoms with van der Waals surface area (Å²) in [6.45, 7) is 4.99. The Labute approximate surface area is 164 Å². The first-order chi connectivity index (χ1) is 13.1. The molecular formula is C20H22ClN5O. The Morgan fingerprint density at radius 3 is 2.89 bits per heavy atom. The summed E-state index contributed by atoms with van der Waals surface area (Å²) in [5.74, 6) is 0.666. The van der Waals surface area contributed by atoms with Crippen LogP contribution in [0.25, 0.3) is 0 Å². The summed E-state index contributed by atoms with van der Waals surface area (Å²) in [5.41, 5.74) is 1.28. The normalized spacial score (nSPS) is 16.3. The number of aromatic nitrogens is 1. The number of nitrogens with one attached hydrogen (secondary N) is 1. The zero-order valence-corrected chi connectivity index (χ0v) is 16.0. The molecule has 2 aromatic rings. The van der Waals surface area contributed by atoms with Crippen molar-refractivity contribution in [1.82, 2.24) is 9.88 Å². The van der Waals surface area contributed by atoms with Crippen LogP contribution in [0.4, 0.5) is 11.5 Å². The molecule has 140 valence electrons. The Morgan fingerprint density at radius 1 is 1.26 bits per heavy atom. The van der Waals surface area contributed by atoms with Gasteiger partial charge in [-0.05, 0) is 43.7 Å². The number of halogens is 1. The second-order valence-corrected chi connectivity index (χ2v) is 6.97. The van der Waals surface area contributed by atoms with E-state index in [4.69, 9.17) is 11.6 Å². The maximum atomic E-state index is 12.6. The third kappa shape index (κ3) is 4.76. The number of nitriles is 1. The van der Waals surface area contributed by atoms with Gasteiger partial charge in [0.15, 0.2) is 0 Å². The van der Waals surface area contributed by atoms with Crippen LogP contribution in [0.5, 0.6) is 0 Å². The van der Waals surface area contributed by atoms with Crippen molar-refractivity contribution in [2.75, 3.05) is 36.4 Å². The molecule has 1 amide bonds. The van der Waals surface area contributed by atoms with Gasteiger partial charge < -0.3 is 10.2 Å². The zero-order valence-electron chi connectivity index (χ0n) is 15.2. The fourth-order valence-electron chi connectivity index (χ4n) is 3.25. The molecule has 0 bridgehead atoms. The summed E-state index contributed by atoms with van der Waals surface area (Å²) in [6, 6.07) is 12.6. The molecule has 1 aliphatic rings. The molecule has 0 radical (unpaired) electrons. The molecule has 1 unspecified atom stereocenters. The van der Waals surface area contributed by atoms with E-state index in [2.05, 4.69) is 26.2 Å². The summed E-state index contributed by atoms with van der Waals surface area (Å²) >= 11 is 5.98. The smallest absolute Gasteiger partial charge is 0.241 e. The summed E-state index contributed by atoms with van der Waals surface area (Å²) in [4.78, 5) is 21.3. The second-order valence-electron chi connectivity index (χ2n) is 6.54. The molecule has 2 heterocycles. The van der Waals surface area contributed by atoms with Crippen molar-refractivity contribution in [2.45, 2.75) is 19.4 Å². The summed E-state index contributed by atoms with van der Waals surface area (Å²) in [7, 11) is 0. The van der Waals surface area contributed by atoms with E-state index < -0.39 is 0 Å². The van der Waals surface area contributed by atoms with Crippen molar-refractivity contribution in [3.63, 3.8) is 0 Å². The summed E-state index contributed by atoms with van der Waals surface area (Å²) < 4.78 is 0. The molecule has 1 saturated heterocycles. The van der Waals surface area contributed by atoms with E-state index >= 15 is 0 Å². The molecule has 1 aliphatic heterocycles. The monoisotopic (exact) mass is 383 g/mol.